The van der Waals surface area contributed by atoms with Crippen molar-refractivity contribution in [3.8, 4) is 67.5 Å². The van der Waals surface area contributed by atoms with Crippen molar-refractivity contribution in [3.05, 3.63) is 224 Å². The summed E-state index contributed by atoms with van der Waals surface area (Å²) in [6.45, 7) is 0. The molecule has 0 unspecified atom stereocenters. The highest BCUT2D eigenvalue weighted by Crippen LogP contribution is 2.46. The van der Waals surface area contributed by atoms with E-state index >= 15 is 0 Å². The van der Waals surface area contributed by atoms with Crippen LogP contribution in [0.2, 0.25) is 0 Å². The number of para-hydroxylation sites is 4. The average molecular weight is 908 g/mol. The van der Waals surface area contributed by atoms with E-state index in [9.17, 15) is 0 Å². The average Bonchev–Trinajstić information content (AvgIpc) is 4.14. The van der Waals surface area contributed by atoms with Gasteiger partial charge >= 0.3 is 0 Å². The second-order valence-corrected chi connectivity index (χ2v) is 18.2. The van der Waals surface area contributed by atoms with Gasteiger partial charge in [0.25, 0.3) is 0 Å². The van der Waals surface area contributed by atoms with Crippen molar-refractivity contribution in [1.82, 2.24) is 15.0 Å². The van der Waals surface area contributed by atoms with Gasteiger partial charge in [-0.1, -0.05) is 176 Å². The van der Waals surface area contributed by atoms with Gasteiger partial charge in [-0.3, -0.25) is 0 Å². The Balaban J connectivity index is 0.944. The Morgan fingerprint density at radius 2 is 0.746 bits per heavy atom. The van der Waals surface area contributed by atoms with Gasteiger partial charge in [-0.05, 0) is 92.3 Å². The number of furan rings is 3. The molecule has 11 aromatic carbocycles. The fourth-order valence-electron chi connectivity index (χ4n) is 10.8. The molecule has 71 heavy (non-hydrogen) atoms. The third kappa shape index (κ3) is 6.25. The van der Waals surface area contributed by atoms with E-state index in [-0.39, 0.29) is 0 Å². The van der Waals surface area contributed by atoms with Gasteiger partial charge in [-0.2, -0.15) is 0 Å². The summed E-state index contributed by atoms with van der Waals surface area (Å²) in [5.74, 6) is 1.69. The summed E-state index contributed by atoms with van der Waals surface area (Å²) in [7, 11) is 0. The van der Waals surface area contributed by atoms with Gasteiger partial charge in [0.1, 0.15) is 33.5 Å². The maximum Gasteiger partial charge on any atom is 0.164 e. The van der Waals surface area contributed by atoms with Crippen LogP contribution in [-0.2, 0) is 0 Å². The van der Waals surface area contributed by atoms with Gasteiger partial charge in [-0.25, -0.2) is 15.0 Å². The van der Waals surface area contributed by atoms with E-state index < -0.39 is 0 Å². The molecule has 15 rings (SSSR count). The molecule has 0 radical (unpaired) electrons. The van der Waals surface area contributed by atoms with Crippen LogP contribution in [0.4, 0.5) is 0 Å². The Morgan fingerprint density at radius 1 is 0.239 bits per heavy atom. The standard InChI is InChI=1S/C65H37N3O3/c1-2-15-39-34-41(33-32-38(39)14-1)40-17-9-18-43(35-40)63-66-64(68-65(67-63)53-27-13-30-57-60(53)51-21-6-8-29-56(51)69-57)44-36-42-16-3-4-19-45(42)54(37-44)47-22-12-31-58-59(47)52-26-11-25-50(62(52)71-58)49-24-10-23-48-46-20-5-7-28-55(46)70-61(48)49/h1-37H. The smallest absolute Gasteiger partial charge is 0.164 e. The molecular weight excluding hydrogens is 871 g/mol. The van der Waals surface area contributed by atoms with Gasteiger partial charge < -0.3 is 13.3 Å². The maximum atomic E-state index is 6.92. The molecule has 0 N–H and O–H groups in total. The first-order chi connectivity index (χ1) is 35.2. The van der Waals surface area contributed by atoms with Crippen LogP contribution in [0.1, 0.15) is 0 Å². The van der Waals surface area contributed by atoms with Crippen molar-refractivity contribution in [2.75, 3.05) is 0 Å². The largest absolute Gasteiger partial charge is 0.456 e. The van der Waals surface area contributed by atoms with Crippen molar-refractivity contribution in [2.45, 2.75) is 0 Å². The van der Waals surface area contributed by atoms with E-state index in [1.165, 1.54) is 10.8 Å². The van der Waals surface area contributed by atoms with Crippen LogP contribution in [0.5, 0.6) is 0 Å². The fourth-order valence-corrected chi connectivity index (χ4v) is 10.8. The Labute approximate surface area is 405 Å². The second-order valence-electron chi connectivity index (χ2n) is 18.2. The van der Waals surface area contributed by atoms with E-state index in [0.29, 0.717) is 17.5 Å². The lowest BCUT2D eigenvalue weighted by Gasteiger charge is -2.14. The summed E-state index contributed by atoms with van der Waals surface area (Å²) >= 11 is 0. The number of nitrogens with zero attached hydrogens (tertiary/aromatic N) is 3. The third-order valence-corrected chi connectivity index (χ3v) is 14.1. The monoisotopic (exact) mass is 907 g/mol. The van der Waals surface area contributed by atoms with Gasteiger partial charge in [0, 0.05) is 60.1 Å². The second kappa shape index (κ2) is 15.4. The van der Waals surface area contributed by atoms with Crippen molar-refractivity contribution in [1.29, 1.82) is 0 Å². The lowest BCUT2D eigenvalue weighted by molar-refractivity contribution is 0.665. The van der Waals surface area contributed by atoms with Gasteiger partial charge in [0.2, 0.25) is 0 Å². The summed E-state index contributed by atoms with van der Waals surface area (Å²) < 4.78 is 19.9. The molecule has 0 saturated carbocycles. The Morgan fingerprint density at radius 3 is 1.58 bits per heavy atom. The molecule has 0 spiro atoms. The highest BCUT2D eigenvalue weighted by Gasteiger charge is 2.23. The summed E-state index contributed by atoms with van der Waals surface area (Å²) in [6, 6.07) is 78.1. The molecule has 0 saturated heterocycles. The maximum absolute atomic E-state index is 6.92. The molecule has 0 amide bonds. The third-order valence-electron chi connectivity index (χ3n) is 14.1. The Hall–Kier alpha value is -9.65. The molecule has 0 atom stereocenters. The predicted molar refractivity (Wildman–Crippen MR) is 289 cm³/mol. The minimum Gasteiger partial charge on any atom is -0.456 e. The Kier molecular flexibility index (Phi) is 8.56. The highest BCUT2D eigenvalue weighted by atomic mass is 16.3. The van der Waals surface area contributed by atoms with Gasteiger partial charge in [0.05, 0.1) is 0 Å². The molecule has 4 aromatic heterocycles. The van der Waals surface area contributed by atoms with E-state index in [0.717, 1.165) is 127 Å². The Bertz CT molecular complexity index is 4670. The summed E-state index contributed by atoms with van der Waals surface area (Å²) in [4.78, 5) is 16.1. The molecule has 0 aliphatic carbocycles. The highest BCUT2D eigenvalue weighted by molar-refractivity contribution is 6.20. The first kappa shape index (κ1) is 39.4. The van der Waals surface area contributed by atoms with E-state index in [2.05, 4.69) is 182 Å². The fraction of sp³-hybridized carbons (Fsp3) is 0. The summed E-state index contributed by atoms with van der Waals surface area (Å²) in [6.07, 6.45) is 0. The molecule has 330 valence electrons. The number of hydrogen-bond donors (Lipinski definition) is 0. The van der Waals surface area contributed by atoms with Gasteiger partial charge in [-0.15, -0.1) is 0 Å². The van der Waals surface area contributed by atoms with E-state index in [4.69, 9.17) is 28.2 Å². The molecular formula is C65H37N3O3. The first-order valence-electron chi connectivity index (χ1n) is 23.8. The normalized spacial score (nSPS) is 11.9. The number of fused-ring (bicyclic) bond motifs is 11. The van der Waals surface area contributed by atoms with E-state index in [1.54, 1.807) is 0 Å². The molecule has 15 aromatic rings. The summed E-state index contributed by atoms with van der Waals surface area (Å²) in [5.41, 5.74) is 13.8. The van der Waals surface area contributed by atoms with Crippen molar-refractivity contribution in [3.63, 3.8) is 0 Å². The number of benzene rings is 11. The summed E-state index contributed by atoms with van der Waals surface area (Å²) in [5, 5.41) is 10.7. The quantitative estimate of drug-likeness (QED) is 0.165. The van der Waals surface area contributed by atoms with Gasteiger partial charge in [0.15, 0.2) is 17.5 Å². The molecule has 0 fully saturated rings. The molecule has 0 aliphatic heterocycles. The molecule has 0 aliphatic rings. The number of aromatic nitrogens is 3. The SMILES string of the molecule is c1cc(-c2ccc3ccccc3c2)cc(-c2nc(-c3cc(-c4cccc5oc6c(-c7cccc8c7oc7ccccc78)cccc6c45)c4ccccc4c3)nc(-c3cccc4oc5ccccc5c34)n2)c1. The zero-order valence-corrected chi connectivity index (χ0v) is 37.9. The zero-order chi connectivity index (χ0) is 46.6. The minimum atomic E-state index is 0.558. The van der Waals surface area contributed by atoms with Crippen LogP contribution in [-0.4, -0.2) is 15.0 Å². The first-order valence-corrected chi connectivity index (χ1v) is 23.8. The van der Waals surface area contributed by atoms with Crippen molar-refractivity contribution in [2.24, 2.45) is 0 Å². The number of rotatable bonds is 6. The van der Waals surface area contributed by atoms with Crippen LogP contribution in [0.25, 0.3) is 155 Å². The predicted octanol–water partition coefficient (Wildman–Crippen LogP) is 17.9. The molecule has 0 bridgehead atoms. The topological polar surface area (TPSA) is 78.1 Å². The van der Waals surface area contributed by atoms with Crippen LogP contribution in [0.15, 0.2) is 238 Å². The van der Waals surface area contributed by atoms with Crippen molar-refractivity contribution >= 4 is 87.4 Å². The van der Waals surface area contributed by atoms with Crippen LogP contribution in [0, 0.1) is 0 Å². The molecule has 6 nitrogen and oxygen atoms in total. The van der Waals surface area contributed by atoms with Crippen LogP contribution in [0.3, 0.4) is 0 Å². The van der Waals surface area contributed by atoms with Crippen molar-refractivity contribution < 1.29 is 13.3 Å². The lowest BCUT2D eigenvalue weighted by atomic mass is 9.92. The zero-order valence-electron chi connectivity index (χ0n) is 37.9. The minimum absolute atomic E-state index is 0.558. The van der Waals surface area contributed by atoms with E-state index in [1.807, 2.05) is 42.5 Å². The van der Waals surface area contributed by atoms with Crippen LogP contribution >= 0.6 is 0 Å². The lowest BCUT2D eigenvalue weighted by Crippen LogP contribution is -2.01. The molecule has 6 heteroatoms. The van der Waals surface area contributed by atoms with Crippen LogP contribution < -0.4 is 0 Å². The molecule has 4 heterocycles. The number of hydrogen-bond acceptors (Lipinski definition) is 6.